The van der Waals surface area contributed by atoms with Gasteiger partial charge in [0.25, 0.3) is 0 Å². The number of hydroxylamine groups is 1. The molecule has 0 aliphatic heterocycles. The van der Waals surface area contributed by atoms with Crippen molar-refractivity contribution in [1.29, 1.82) is 0 Å². The summed E-state index contributed by atoms with van der Waals surface area (Å²) in [5, 5.41) is 7.96. The first-order valence-corrected chi connectivity index (χ1v) is 2.79. The van der Waals surface area contributed by atoms with E-state index in [0.717, 1.165) is 0 Å². The van der Waals surface area contributed by atoms with Gasteiger partial charge in [-0.05, 0) is 0 Å². The molecule has 0 spiro atoms. The van der Waals surface area contributed by atoms with Crippen LogP contribution in [-0.4, -0.2) is 16.1 Å². The van der Waals surface area contributed by atoms with E-state index in [-0.39, 0.29) is 11.4 Å². The Morgan fingerprint density at radius 3 is 2.56 bits per heavy atom. The Kier molecular flexibility index (Phi) is 3.90. The van der Waals surface area contributed by atoms with Crippen molar-refractivity contribution in [3.05, 3.63) is 0 Å². The van der Waals surface area contributed by atoms with Crippen LogP contribution < -0.4 is 11.2 Å². The van der Waals surface area contributed by atoms with Crippen LogP contribution in [0.5, 0.6) is 0 Å². The highest BCUT2D eigenvalue weighted by atomic mass is 32.1. The SMILES string of the molecule is NC(=S)CCC(=O)NO. The van der Waals surface area contributed by atoms with Gasteiger partial charge in [0, 0.05) is 12.8 Å². The summed E-state index contributed by atoms with van der Waals surface area (Å²) in [4.78, 5) is 10.5. The molecule has 0 aromatic carbocycles. The summed E-state index contributed by atoms with van der Waals surface area (Å²) in [6.07, 6.45) is 0.480. The van der Waals surface area contributed by atoms with Gasteiger partial charge in [0.1, 0.15) is 0 Å². The fraction of sp³-hybridized carbons (Fsp3) is 0.500. The number of carbonyl (C=O) groups excluding carboxylic acids is 1. The first-order valence-electron chi connectivity index (χ1n) is 2.38. The first-order chi connectivity index (χ1) is 4.16. The van der Waals surface area contributed by atoms with E-state index in [2.05, 4.69) is 12.2 Å². The van der Waals surface area contributed by atoms with Crippen LogP contribution in [0.25, 0.3) is 0 Å². The van der Waals surface area contributed by atoms with Gasteiger partial charge in [-0.2, -0.15) is 0 Å². The number of hydrogen-bond acceptors (Lipinski definition) is 3. The maximum absolute atomic E-state index is 10.2. The quantitative estimate of drug-likeness (QED) is 0.288. The molecule has 0 saturated heterocycles. The second-order valence-electron chi connectivity index (χ2n) is 1.50. The number of amides is 1. The molecule has 0 aromatic heterocycles. The maximum Gasteiger partial charge on any atom is 0.243 e. The molecule has 0 unspecified atom stereocenters. The van der Waals surface area contributed by atoms with Crippen molar-refractivity contribution in [2.45, 2.75) is 12.8 Å². The van der Waals surface area contributed by atoms with Crippen LogP contribution in [-0.2, 0) is 4.79 Å². The van der Waals surface area contributed by atoms with Crippen LogP contribution in [0.4, 0.5) is 0 Å². The lowest BCUT2D eigenvalue weighted by Crippen LogP contribution is -2.20. The monoisotopic (exact) mass is 148 g/mol. The van der Waals surface area contributed by atoms with Gasteiger partial charge in [-0.15, -0.1) is 0 Å². The summed E-state index contributed by atoms with van der Waals surface area (Å²) in [5.74, 6) is -0.470. The highest BCUT2D eigenvalue weighted by molar-refractivity contribution is 7.80. The van der Waals surface area contributed by atoms with Crippen molar-refractivity contribution in [1.82, 2.24) is 5.48 Å². The van der Waals surface area contributed by atoms with Crippen LogP contribution >= 0.6 is 12.2 Å². The zero-order chi connectivity index (χ0) is 7.28. The maximum atomic E-state index is 10.2. The number of hydrogen-bond donors (Lipinski definition) is 3. The number of nitrogens with one attached hydrogen (secondary N) is 1. The summed E-state index contributed by atoms with van der Waals surface area (Å²) in [6.45, 7) is 0. The van der Waals surface area contributed by atoms with Crippen molar-refractivity contribution < 1.29 is 10.0 Å². The molecule has 5 heteroatoms. The predicted molar refractivity (Wildman–Crippen MR) is 35.9 cm³/mol. The molecule has 0 aliphatic carbocycles. The third kappa shape index (κ3) is 5.19. The third-order valence-electron chi connectivity index (χ3n) is 0.723. The number of rotatable bonds is 3. The number of nitrogens with two attached hydrogens (primary N) is 1. The summed E-state index contributed by atoms with van der Waals surface area (Å²) in [7, 11) is 0. The molecule has 0 atom stereocenters. The molecule has 0 heterocycles. The second kappa shape index (κ2) is 4.22. The second-order valence-corrected chi connectivity index (χ2v) is 2.03. The average Bonchev–Trinajstić information content (AvgIpc) is 1.83. The Balaban J connectivity index is 3.28. The van der Waals surface area contributed by atoms with E-state index in [1.807, 2.05) is 0 Å². The molecule has 0 saturated carbocycles. The van der Waals surface area contributed by atoms with E-state index in [1.165, 1.54) is 5.48 Å². The Hall–Kier alpha value is -0.680. The van der Waals surface area contributed by atoms with Crippen molar-refractivity contribution >= 4 is 23.1 Å². The van der Waals surface area contributed by atoms with Crippen LogP contribution in [0.3, 0.4) is 0 Å². The van der Waals surface area contributed by atoms with Crippen molar-refractivity contribution in [2.24, 2.45) is 5.73 Å². The van der Waals surface area contributed by atoms with E-state index in [0.29, 0.717) is 6.42 Å². The molecular weight excluding hydrogens is 140 g/mol. The fourth-order valence-corrected chi connectivity index (χ4v) is 0.395. The minimum absolute atomic E-state index is 0.145. The number of thiocarbonyl (C=S) groups is 1. The summed E-state index contributed by atoms with van der Waals surface area (Å²) in [6, 6.07) is 0. The molecule has 0 rings (SSSR count). The van der Waals surface area contributed by atoms with Gasteiger partial charge in [-0.1, -0.05) is 12.2 Å². The highest BCUT2D eigenvalue weighted by Crippen LogP contribution is 1.86. The largest absolute Gasteiger partial charge is 0.393 e. The standard InChI is InChI=1S/C4H8N2O2S/c5-3(9)1-2-4(7)6-8/h8H,1-2H2,(H2,5,9)(H,6,7). The van der Waals surface area contributed by atoms with Crippen molar-refractivity contribution in [3.8, 4) is 0 Å². The van der Waals surface area contributed by atoms with Crippen LogP contribution in [0.1, 0.15) is 12.8 Å². The molecule has 0 aromatic rings. The average molecular weight is 148 g/mol. The van der Waals surface area contributed by atoms with Gasteiger partial charge < -0.3 is 5.73 Å². The van der Waals surface area contributed by atoms with Crippen LogP contribution in [0.2, 0.25) is 0 Å². The summed E-state index contributed by atoms with van der Waals surface area (Å²) in [5.41, 5.74) is 6.53. The van der Waals surface area contributed by atoms with Crippen molar-refractivity contribution in [2.75, 3.05) is 0 Å². The molecule has 4 N–H and O–H groups in total. The van der Waals surface area contributed by atoms with Gasteiger partial charge in [0.05, 0.1) is 4.99 Å². The molecule has 9 heavy (non-hydrogen) atoms. The molecule has 52 valence electrons. The summed E-state index contributed by atoms with van der Waals surface area (Å²) < 4.78 is 0. The molecule has 0 aliphatic rings. The van der Waals surface area contributed by atoms with Crippen LogP contribution in [0, 0.1) is 0 Å². The van der Waals surface area contributed by atoms with Crippen LogP contribution in [0.15, 0.2) is 0 Å². The topological polar surface area (TPSA) is 75.4 Å². The highest BCUT2D eigenvalue weighted by Gasteiger charge is 1.97. The Morgan fingerprint density at radius 2 is 2.22 bits per heavy atom. The van der Waals surface area contributed by atoms with Gasteiger partial charge in [-0.25, -0.2) is 5.48 Å². The molecule has 1 amide bonds. The predicted octanol–water partition coefficient (Wildman–Crippen LogP) is -0.442. The molecule has 0 bridgehead atoms. The zero-order valence-electron chi connectivity index (χ0n) is 4.76. The Bertz CT molecular complexity index is 126. The van der Waals surface area contributed by atoms with Gasteiger partial charge >= 0.3 is 0 Å². The van der Waals surface area contributed by atoms with E-state index in [1.54, 1.807) is 0 Å². The van der Waals surface area contributed by atoms with E-state index >= 15 is 0 Å². The van der Waals surface area contributed by atoms with Gasteiger partial charge in [0.15, 0.2) is 0 Å². The minimum atomic E-state index is -0.470. The lowest BCUT2D eigenvalue weighted by Gasteiger charge is -1.94. The van der Waals surface area contributed by atoms with Crippen molar-refractivity contribution in [3.63, 3.8) is 0 Å². The lowest BCUT2D eigenvalue weighted by molar-refractivity contribution is -0.129. The molecular formula is C4H8N2O2S. The van der Waals surface area contributed by atoms with E-state index < -0.39 is 5.91 Å². The van der Waals surface area contributed by atoms with Gasteiger partial charge in [-0.3, -0.25) is 10.0 Å². The smallest absolute Gasteiger partial charge is 0.243 e. The first kappa shape index (κ1) is 8.32. The van der Waals surface area contributed by atoms with Gasteiger partial charge in [0.2, 0.25) is 5.91 Å². The Labute approximate surface area is 58.0 Å². The molecule has 4 nitrogen and oxygen atoms in total. The summed E-state index contributed by atoms with van der Waals surface area (Å²) >= 11 is 4.48. The Morgan fingerprint density at radius 1 is 1.67 bits per heavy atom. The number of carbonyl (C=O) groups is 1. The lowest BCUT2D eigenvalue weighted by atomic mass is 10.3. The molecule has 0 radical (unpaired) electrons. The van der Waals surface area contributed by atoms with E-state index in [4.69, 9.17) is 10.9 Å². The normalized spacial score (nSPS) is 8.56. The van der Waals surface area contributed by atoms with E-state index in [9.17, 15) is 4.79 Å². The molecule has 0 fully saturated rings. The zero-order valence-corrected chi connectivity index (χ0v) is 5.57. The third-order valence-corrected chi connectivity index (χ3v) is 0.927. The minimum Gasteiger partial charge on any atom is -0.393 e. The fourth-order valence-electron chi connectivity index (χ4n) is 0.293.